The van der Waals surface area contributed by atoms with Crippen molar-refractivity contribution in [2.75, 3.05) is 0 Å². The molecule has 0 aliphatic rings. The molecule has 0 aromatic heterocycles. The van der Waals surface area contributed by atoms with Crippen LogP contribution in [0.2, 0.25) is 0 Å². The van der Waals surface area contributed by atoms with Crippen molar-refractivity contribution < 1.29 is 0 Å². The van der Waals surface area contributed by atoms with Crippen LogP contribution in [-0.4, -0.2) is 0 Å². The van der Waals surface area contributed by atoms with Gasteiger partial charge in [0.05, 0.1) is 0 Å². The number of benzene rings is 2. The lowest BCUT2D eigenvalue weighted by molar-refractivity contribution is 1.50. The SMILES string of the molecule is Brc1ccc([CH]/C=C/c2ccccc2)cc1. The van der Waals surface area contributed by atoms with Gasteiger partial charge in [-0.05, 0) is 23.3 Å². The van der Waals surface area contributed by atoms with Gasteiger partial charge >= 0.3 is 0 Å². The minimum absolute atomic E-state index is 1.11. The predicted octanol–water partition coefficient (Wildman–Crippen LogP) is 4.71. The molecule has 0 nitrogen and oxygen atoms in total. The molecule has 16 heavy (non-hydrogen) atoms. The van der Waals surface area contributed by atoms with Crippen LogP contribution in [0.15, 0.2) is 65.1 Å². The highest BCUT2D eigenvalue weighted by molar-refractivity contribution is 9.10. The van der Waals surface area contributed by atoms with E-state index in [1.165, 1.54) is 11.1 Å². The standard InChI is InChI=1S/C15H12Br/c16-15-11-9-14(10-12-15)8-4-7-13-5-2-1-3-6-13/h1-12H/b7-4+. The van der Waals surface area contributed by atoms with Gasteiger partial charge in [-0.25, -0.2) is 0 Å². The fourth-order valence-electron chi connectivity index (χ4n) is 1.41. The second-order valence-corrected chi connectivity index (χ2v) is 4.40. The van der Waals surface area contributed by atoms with Gasteiger partial charge in [0, 0.05) is 10.9 Å². The van der Waals surface area contributed by atoms with E-state index in [2.05, 4.69) is 58.8 Å². The molecule has 0 spiro atoms. The van der Waals surface area contributed by atoms with E-state index in [0.29, 0.717) is 0 Å². The van der Waals surface area contributed by atoms with E-state index < -0.39 is 0 Å². The average Bonchev–Trinajstić information content (AvgIpc) is 2.33. The van der Waals surface area contributed by atoms with Gasteiger partial charge in [-0.1, -0.05) is 70.5 Å². The first-order valence-electron chi connectivity index (χ1n) is 5.17. The maximum Gasteiger partial charge on any atom is 0.0175 e. The third-order valence-electron chi connectivity index (χ3n) is 2.25. The van der Waals surface area contributed by atoms with Crippen LogP contribution in [0.25, 0.3) is 6.08 Å². The molecule has 0 bridgehead atoms. The maximum absolute atomic E-state index is 3.42. The van der Waals surface area contributed by atoms with Gasteiger partial charge in [0.2, 0.25) is 0 Å². The Morgan fingerprint density at radius 1 is 0.750 bits per heavy atom. The highest BCUT2D eigenvalue weighted by atomic mass is 79.9. The zero-order chi connectivity index (χ0) is 11.2. The molecule has 0 amide bonds. The van der Waals surface area contributed by atoms with Crippen LogP contribution in [0.3, 0.4) is 0 Å². The number of hydrogen-bond acceptors (Lipinski definition) is 0. The Balaban J connectivity index is 1.97. The summed E-state index contributed by atoms with van der Waals surface area (Å²) < 4.78 is 1.11. The van der Waals surface area contributed by atoms with E-state index in [-0.39, 0.29) is 0 Å². The molecule has 0 N–H and O–H groups in total. The van der Waals surface area contributed by atoms with Crippen molar-refractivity contribution in [3.63, 3.8) is 0 Å². The Hall–Kier alpha value is -1.34. The summed E-state index contributed by atoms with van der Waals surface area (Å²) in [6.45, 7) is 0. The van der Waals surface area contributed by atoms with E-state index in [9.17, 15) is 0 Å². The Morgan fingerprint density at radius 3 is 2.12 bits per heavy atom. The van der Waals surface area contributed by atoms with Crippen LogP contribution in [0, 0.1) is 6.42 Å². The molecule has 0 aliphatic heterocycles. The first-order chi connectivity index (χ1) is 7.84. The van der Waals surface area contributed by atoms with Crippen LogP contribution in [0.1, 0.15) is 11.1 Å². The summed E-state index contributed by atoms with van der Waals surface area (Å²) in [4.78, 5) is 0. The highest BCUT2D eigenvalue weighted by Crippen LogP contribution is 2.12. The van der Waals surface area contributed by atoms with E-state index in [4.69, 9.17) is 0 Å². The molecule has 2 aromatic rings. The van der Waals surface area contributed by atoms with Crippen molar-refractivity contribution in [3.8, 4) is 0 Å². The average molecular weight is 272 g/mol. The fraction of sp³-hybridized carbons (Fsp3) is 0. The minimum Gasteiger partial charge on any atom is -0.0755 e. The lowest BCUT2D eigenvalue weighted by atomic mass is 10.1. The maximum atomic E-state index is 3.42. The van der Waals surface area contributed by atoms with E-state index in [1.54, 1.807) is 0 Å². The Labute approximate surface area is 105 Å². The van der Waals surface area contributed by atoms with Gasteiger partial charge in [0.25, 0.3) is 0 Å². The van der Waals surface area contributed by atoms with E-state index >= 15 is 0 Å². The molecule has 2 rings (SSSR count). The smallest absolute Gasteiger partial charge is 0.0175 e. The van der Waals surface area contributed by atoms with Crippen LogP contribution >= 0.6 is 15.9 Å². The molecular formula is C15H12Br. The van der Waals surface area contributed by atoms with E-state index in [0.717, 1.165) is 4.47 Å². The molecule has 0 atom stereocenters. The predicted molar refractivity (Wildman–Crippen MR) is 73.0 cm³/mol. The molecular weight excluding hydrogens is 260 g/mol. The zero-order valence-electron chi connectivity index (χ0n) is 8.81. The number of halogens is 1. The molecule has 0 heterocycles. The Bertz CT molecular complexity index is 455. The number of hydrogen-bond donors (Lipinski definition) is 0. The van der Waals surface area contributed by atoms with Crippen LogP contribution < -0.4 is 0 Å². The van der Waals surface area contributed by atoms with Gasteiger partial charge in [0.15, 0.2) is 0 Å². The summed E-state index contributed by atoms with van der Waals surface area (Å²) in [6, 6.07) is 18.5. The van der Waals surface area contributed by atoms with Crippen molar-refractivity contribution in [2.45, 2.75) is 0 Å². The summed E-state index contributed by atoms with van der Waals surface area (Å²) in [5, 5.41) is 0. The number of rotatable bonds is 3. The Morgan fingerprint density at radius 2 is 1.44 bits per heavy atom. The minimum atomic E-state index is 1.11. The van der Waals surface area contributed by atoms with Gasteiger partial charge in [0.1, 0.15) is 0 Å². The van der Waals surface area contributed by atoms with Crippen LogP contribution in [-0.2, 0) is 0 Å². The zero-order valence-corrected chi connectivity index (χ0v) is 10.4. The largest absolute Gasteiger partial charge is 0.0755 e. The van der Waals surface area contributed by atoms with Crippen LogP contribution in [0.5, 0.6) is 0 Å². The van der Waals surface area contributed by atoms with Crippen molar-refractivity contribution >= 4 is 22.0 Å². The lowest BCUT2D eigenvalue weighted by Crippen LogP contribution is -1.76. The molecule has 2 aromatic carbocycles. The quantitative estimate of drug-likeness (QED) is 0.758. The van der Waals surface area contributed by atoms with Crippen molar-refractivity contribution in [2.24, 2.45) is 0 Å². The third-order valence-corrected chi connectivity index (χ3v) is 2.78. The normalized spacial score (nSPS) is 10.8. The molecule has 1 radical (unpaired) electrons. The highest BCUT2D eigenvalue weighted by Gasteiger charge is 1.90. The second-order valence-electron chi connectivity index (χ2n) is 3.49. The lowest BCUT2D eigenvalue weighted by Gasteiger charge is -1.96. The van der Waals surface area contributed by atoms with E-state index in [1.807, 2.05) is 30.3 Å². The number of allylic oxidation sites excluding steroid dienone is 1. The topological polar surface area (TPSA) is 0 Å². The summed E-state index contributed by atoms with van der Waals surface area (Å²) >= 11 is 3.42. The second kappa shape index (κ2) is 5.66. The van der Waals surface area contributed by atoms with Gasteiger partial charge in [-0.3, -0.25) is 0 Å². The van der Waals surface area contributed by atoms with Gasteiger partial charge in [-0.2, -0.15) is 0 Å². The van der Waals surface area contributed by atoms with Gasteiger partial charge < -0.3 is 0 Å². The molecule has 0 aliphatic carbocycles. The first kappa shape index (κ1) is 11.2. The molecule has 79 valence electrons. The molecule has 1 heteroatoms. The third kappa shape index (κ3) is 3.35. The van der Waals surface area contributed by atoms with Gasteiger partial charge in [-0.15, -0.1) is 0 Å². The van der Waals surface area contributed by atoms with Crippen LogP contribution in [0.4, 0.5) is 0 Å². The molecule has 0 saturated carbocycles. The molecule has 0 unspecified atom stereocenters. The summed E-state index contributed by atoms with van der Waals surface area (Å²) in [5.74, 6) is 0. The van der Waals surface area contributed by atoms with Crippen molar-refractivity contribution in [3.05, 3.63) is 82.7 Å². The monoisotopic (exact) mass is 271 g/mol. The summed E-state index contributed by atoms with van der Waals surface area (Å²) in [6.07, 6.45) is 6.26. The first-order valence-corrected chi connectivity index (χ1v) is 5.96. The van der Waals surface area contributed by atoms with Crippen molar-refractivity contribution in [1.29, 1.82) is 0 Å². The Kier molecular flexibility index (Phi) is 3.95. The van der Waals surface area contributed by atoms with Crippen molar-refractivity contribution in [1.82, 2.24) is 0 Å². The summed E-state index contributed by atoms with van der Waals surface area (Å²) in [7, 11) is 0. The molecule has 0 saturated heterocycles. The summed E-state index contributed by atoms with van der Waals surface area (Å²) in [5.41, 5.74) is 2.42. The fourth-order valence-corrected chi connectivity index (χ4v) is 1.67. The molecule has 0 fully saturated rings.